The topological polar surface area (TPSA) is 101 Å². The summed E-state index contributed by atoms with van der Waals surface area (Å²) in [5.41, 5.74) is 0. The van der Waals surface area contributed by atoms with Crippen molar-refractivity contribution < 1.29 is 14.6 Å². The van der Waals surface area contributed by atoms with Gasteiger partial charge < -0.3 is 14.7 Å². The van der Waals surface area contributed by atoms with Crippen LogP contribution in [0.15, 0.2) is 0 Å². The summed E-state index contributed by atoms with van der Waals surface area (Å²) in [6.45, 7) is 2.54. The van der Waals surface area contributed by atoms with E-state index in [1.807, 2.05) is 17.0 Å². The maximum absolute atomic E-state index is 12.2. The molecule has 0 aromatic rings. The van der Waals surface area contributed by atoms with E-state index in [1.165, 1.54) is 0 Å². The molecule has 0 saturated carbocycles. The molecule has 1 N–H and O–H groups in total. The number of nitriles is 2. The largest absolute Gasteiger partial charge is 0.394 e. The molecular weight excluding hydrogens is 260 g/mol. The molecule has 1 rings (SSSR count). The Morgan fingerprint density at radius 2 is 2.00 bits per heavy atom. The molecule has 1 saturated heterocycles. The molecule has 7 heteroatoms. The van der Waals surface area contributed by atoms with Gasteiger partial charge in [0.05, 0.1) is 50.8 Å². The van der Waals surface area contributed by atoms with Crippen molar-refractivity contribution >= 4 is 5.91 Å². The first-order valence-electron chi connectivity index (χ1n) is 6.67. The Balaban J connectivity index is 2.47. The van der Waals surface area contributed by atoms with Crippen LogP contribution in [0.4, 0.5) is 0 Å². The molecule has 0 bridgehead atoms. The monoisotopic (exact) mass is 280 g/mol. The van der Waals surface area contributed by atoms with Crippen LogP contribution < -0.4 is 0 Å². The van der Waals surface area contributed by atoms with Crippen LogP contribution >= 0.6 is 0 Å². The minimum absolute atomic E-state index is 0.0583. The van der Waals surface area contributed by atoms with Gasteiger partial charge in [-0.2, -0.15) is 10.5 Å². The number of ether oxygens (including phenoxy) is 1. The van der Waals surface area contributed by atoms with Crippen LogP contribution in [0.3, 0.4) is 0 Å². The highest BCUT2D eigenvalue weighted by molar-refractivity contribution is 5.78. The van der Waals surface area contributed by atoms with Crippen molar-refractivity contribution in [2.24, 2.45) is 0 Å². The molecule has 0 aromatic heterocycles. The average Bonchev–Trinajstić information content (AvgIpc) is 2.47. The normalized spacial score (nSPS) is 19.1. The SMILES string of the molecule is N#CCCN(CCC#N)C(=O)CN1CCOC(CO)C1. The van der Waals surface area contributed by atoms with Gasteiger partial charge >= 0.3 is 0 Å². The Bertz CT molecular complexity index is 370. The van der Waals surface area contributed by atoms with Crippen molar-refractivity contribution in [3.63, 3.8) is 0 Å². The Morgan fingerprint density at radius 1 is 1.35 bits per heavy atom. The van der Waals surface area contributed by atoms with E-state index in [-0.39, 0.29) is 38.0 Å². The summed E-state index contributed by atoms with van der Waals surface area (Å²) >= 11 is 0. The number of amides is 1. The molecule has 1 unspecified atom stereocenters. The summed E-state index contributed by atoms with van der Waals surface area (Å²) < 4.78 is 5.33. The van der Waals surface area contributed by atoms with Crippen molar-refractivity contribution in [2.45, 2.75) is 18.9 Å². The van der Waals surface area contributed by atoms with Gasteiger partial charge in [-0.1, -0.05) is 0 Å². The van der Waals surface area contributed by atoms with Crippen molar-refractivity contribution in [2.75, 3.05) is 45.9 Å². The van der Waals surface area contributed by atoms with Gasteiger partial charge in [-0.3, -0.25) is 9.69 Å². The van der Waals surface area contributed by atoms with E-state index in [0.29, 0.717) is 32.8 Å². The summed E-state index contributed by atoms with van der Waals surface area (Å²) in [7, 11) is 0. The van der Waals surface area contributed by atoms with E-state index in [9.17, 15) is 4.79 Å². The van der Waals surface area contributed by atoms with E-state index in [4.69, 9.17) is 20.4 Å². The minimum Gasteiger partial charge on any atom is -0.394 e. The number of carbonyl (C=O) groups excluding carboxylic acids is 1. The van der Waals surface area contributed by atoms with E-state index in [1.54, 1.807) is 4.90 Å². The lowest BCUT2D eigenvalue weighted by Gasteiger charge is -2.33. The van der Waals surface area contributed by atoms with E-state index < -0.39 is 0 Å². The fourth-order valence-electron chi connectivity index (χ4n) is 2.06. The number of hydrogen-bond acceptors (Lipinski definition) is 6. The zero-order chi connectivity index (χ0) is 14.8. The Hall–Kier alpha value is -1.67. The van der Waals surface area contributed by atoms with Crippen molar-refractivity contribution in [1.29, 1.82) is 10.5 Å². The Kier molecular flexibility index (Phi) is 7.59. The van der Waals surface area contributed by atoms with Gasteiger partial charge in [0.15, 0.2) is 0 Å². The van der Waals surface area contributed by atoms with Crippen LogP contribution in [0.1, 0.15) is 12.8 Å². The van der Waals surface area contributed by atoms with Gasteiger partial charge in [0.25, 0.3) is 0 Å². The molecule has 1 amide bonds. The lowest BCUT2D eigenvalue weighted by atomic mass is 10.2. The number of aliphatic hydroxyl groups is 1. The highest BCUT2D eigenvalue weighted by atomic mass is 16.5. The Morgan fingerprint density at radius 3 is 2.55 bits per heavy atom. The molecule has 1 atom stereocenters. The van der Waals surface area contributed by atoms with E-state index >= 15 is 0 Å². The molecule has 0 spiro atoms. The molecule has 110 valence electrons. The summed E-state index contributed by atoms with van der Waals surface area (Å²) in [6, 6.07) is 4.01. The summed E-state index contributed by atoms with van der Waals surface area (Å²) in [5, 5.41) is 26.3. The minimum atomic E-state index is -0.247. The van der Waals surface area contributed by atoms with Crippen LogP contribution in [0.25, 0.3) is 0 Å². The number of hydrogen-bond donors (Lipinski definition) is 1. The van der Waals surface area contributed by atoms with Crippen molar-refractivity contribution in [1.82, 2.24) is 9.80 Å². The van der Waals surface area contributed by atoms with Crippen LogP contribution in [0, 0.1) is 22.7 Å². The molecule has 7 nitrogen and oxygen atoms in total. The maximum atomic E-state index is 12.2. The molecule has 1 aliphatic heterocycles. The van der Waals surface area contributed by atoms with Gasteiger partial charge in [0.2, 0.25) is 5.91 Å². The number of rotatable bonds is 7. The predicted octanol–water partition coefficient (Wildman–Crippen LogP) is -0.665. The third kappa shape index (κ3) is 5.54. The lowest BCUT2D eigenvalue weighted by molar-refractivity contribution is -0.134. The van der Waals surface area contributed by atoms with Gasteiger partial charge in [-0.15, -0.1) is 0 Å². The summed E-state index contributed by atoms with van der Waals surface area (Å²) in [5.74, 6) is -0.0888. The summed E-state index contributed by atoms with van der Waals surface area (Å²) in [6.07, 6.45) is 0.280. The second-order valence-corrected chi connectivity index (χ2v) is 4.61. The van der Waals surface area contributed by atoms with Crippen molar-refractivity contribution in [3.8, 4) is 12.1 Å². The molecule has 20 heavy (non-hydrogen) atoms. The molecule has 0 radical (unpaired) electrons. The van der Waals surface area contributed by atoms with Crippen molar-refractivity contribution in [3.05, 3.63) is 0 Å². The maximum Gasteiger partial charge on any atom is 0.236 e. The van der Waals surface area contributed by atoms with Crippen LogP contribution in [0.5, 0.6) is 0 Å². The molecular formula is C13H20N4O3. The predicted molar refractivity (Wildman–Crippen MR) is 70.3 cm³/mol. The first-order valence-corrected chi connectivity index (χ1v) is 6.67. The van der Waals surface area contributed by atoms with Gasteiger partial charge in [-0.05, 0) is 0 Å². The van der Waals surface area contributed by atoms with Gasteiger partial charge in [-0.25, -0.2) is 0 Å². The Labute approximate surface area is 118 Å². The zero-order valence-electron chi connectivity index (χ0n) is 11.5. The number of morpholine rings is 1. The standard InChI is InChI=1S/C13H20N4O3/c14-3-1-5-17(6-2-4-15)13(19)10-16-7-8-20-12(9-16)11-18/h12,18H,1-2,5-11H2. The smallest absolute Gasteiger partial charge is 0.236 e. The zero-order valence-corrected chi connectivity index (χ0v) is 11.5. The summed E-state index contributed by atoms with van der Waals surface area (Å²) in [4.78, 5) is 15.7. The van der Waals surface area contributed by atoms with E-state index in [2.05, 4.69) is 0 Å². The highest BCUT2D eigenvalue weighted by Crippen LogP contribution is 2.06. The second-order valence-electron chi connectivity index (χ2n) is 4.61. The molecule has 1 heterocycles. The molecule has 1 aliphatic rings. The number of nitrogens with zero attached hydrogens (tertiary/aromatic N) is 4. The van der Waals surface area contributed by atoms with Crippen LogP contribution in [-0.2, 0) is 9.53 Å². The second kappa shape index (κ2) is 9.27. The highest BCUT2D eigenvalue weighted by Gasteiger charge is 2.23. The molecule has 0 aliphatic carbocycles. The number of carbonyl (C=O) groups is 1. The quantitative estimate of drug-likeness (QED) is 0.664. The van der Waals surface area contributed by atoms with E-state index in [0.717, 1.165) is 0 Å². The molecule has 0 aromatic carbocycles. The third-order valence-electron chi connectivity index (χ3n) is 3.13. The van der Waals surface area contributed by atoms with Crippen LogP contribution in [0.2, 0.25) is 0 Å². The first-order chi connectivity index (χ1) is 9.71. The van der Waals surface area contributed by atoms with Gasteiger partial charge in [0, 0.05) is 26.2 Å². The lowest BCUT2D eigenvalue weighted by Crippen LogP contribution is -2.49. The van der Waals surface area contributed by atoms with Gasteiger partial charge in [0.1, 0.15) is 0 Å². The molecule has 1 fully saturated rings. The fraction of sp³-hybridized carbons (Fsp3) is 0.769. The number of aliphatic hydroxyl groups excluding tert-OH is 1. The van der Waals surface area contributed by atoms with Crippen LogP contribution in [-0.4, -0.2) is 72.9 Å². The third-order valence-corrected chi connectivity index (χ3v) is 3.13. The average molecular weight is 280 g/mol. The fourth-order valence-corrected chi connectivity index (χ4v) is 2.06. The first kappa shape index (κ1) is 16.4.